The van der Waals surface area contributed by atoms with Crippen LogP contribution in [0.2, 0.25) is 0 Å². The monoisotopic (exact) mass is 293 g/mol. The number of nitrogens with two attached hydrogens (primary N) is 1. The van der Waals surface area contributed by atoms with Gasteiger partial charge in [0.15, 0.2) is 0 Å². The molecule has 0 saturated heterocycles. The molecule has 4 heteroatoms. The number of hydrogen-bond donors (Lipinski definition) is 1. The van der Waals surface area contributed by atoms with Crippen LogP contribution in [-0.4, -0.2) is 26.2 Å². The van der Waals surface area contributed by atoms with E-state index in [0.717, 1.165) is 11.3 Å². The summed E-state index contributed by atoms with van der Waals surface area (Å²) in [7, 11) is 1.63. The smallest absolute Gasteiger partial charge is 0.313 e. The third-order valence-corrected chi connectivity index (χ3v) is 3.57. The number of ether oxygens (including phenoxy) is 2. The molecule has 1 aromatic carbocycles. The lowest BCUT2D eigenvalue weighted by Gasteiger charge is -2.32. The SMILES string of the molecule is CCOC(=O)C(CN)(Cc1cccc(OC)c1)CC(C)C. The van der Waals surface area contributed by atoms with Crippen LogP contribution in [0.1, 0.15) is 32.8 Å². The van der Waals surface area contributed by atoms with E-state index in [0.29, 0.717) is 25.4 Å². The fraction of sp³-hybridized carbons (Fsp3) is 0.588. The van der Waals surface area contributed by atoms with Gasteiger partial charge in [-0.2, -0.15) is 0 Å². The Morgan fingerprint density at radius 3 is 2.62 bits per heavy atom. The molecule has 0 bridgehead atoms. The summed E-state index contributed by atoms with van der Waals surface area (Å²) in [6, 6.07) is 7.76. The fourth-order valence-corrected chi connectivity index (χ4v) is 2.71. The van der Waals surface area contributed by atoms with E-state index < -0.39 is 5.41 Å². The molecule has 1 rings (SSSR count). The first-order valence-electron chi connectivity index (χ1n) is 7.47. The maximum atomic E-state index is 12.5. The van der Waals surface area contributed by atoms with E-state index in [9.17, 15) is 4.79 Å². The van der Waals surface area contributed by atoms with Crippen LogP contribution in [0.25, 0.3) is 0 Å². The van der Waals surface area contributed by atoms with Crippen LogP contribution in [0, 0.1) is 11.3 Å². The van der Waals surface area contributed by atoms with Gasteiger partial charge in [0.05, 0.1) is 19.1 Å². The molecule has 4 nitrogen and oxygen atoms in total. The van der Waals surface area contributed by atoms with Gasteiger partial charge in [0.2, 0.25) is 0 Å². The summed E-state index contributed by atoms with van der Waals surface area (Å²) in [6.45, 7) is 6.66. The highest BCUT2D eigenvalue weighted by atomic mass is 16.5. The van der Waals surface area contributed by atoms with Gasteiger partial charge >= 0.3 is 5.97 Å². The molecule has 1 atom stereocenters. The van der Waals surface area contributed by atoms with Crippen molar-refractivity contribution in [3.05, 3.63) is 29.8 Å². The summed E-state index contributed by atoms with van der Waals surface area (Å²) in [5.41, 5.74) is 6.34. The molecule has 0 fully saturated rings. The van der Waals surface area contributed by atoms with E-state index >= 15 is 0 Å². The molecule has 0 heterocycles. The van der Waals surface area contributed by atoms with Crippen molar-refractivity contribution in [2.45, 2.75) is 33.6 Å². The molecule has 1 unspecified atom stereocenters. The lowest BCUT2D eigenvalue weighted by atomic mass is 9.75. The first kappa shape index (κ1) is 17.5. The molecule has 1 aromatic rings. The minimum atomic E-state index is -0.670. The lowest BCUT2D eigenvalue weighted by molar-refractivity contribution is -0.156. The van der Waals surface area contributed by atoms with Crippen LogP contribution in [-0.2, 0) is 16.0 Å². The van der Waals surface area contributed by atoms with E-state index in [1.165, 1.54) is 0 Å². The van der Waals surface area contributed by atoms with Gasteiger partial charge in [0.1, 0.15) is 5.75 Å². The number of methoxy groups -OCH3 is 1. The van der Waals surface area contributed by atoms with Crippen LogP contribution in [0.5, 0.6) is 5.75 Å². The van der Waals surface area contributed by atoms with E-state index in [1.54, 1.807) is 7.11 Å². The first-order valence-corrected chi connectivity index (χ1v) is 7.47. The maximum absolute atomic E-state index is 12.5. The average Bonchev–Trinajstić information content (AvgIpc) is 2.46. The zero-order chi connectivity index (χ0) is 15.9. The number of rotatable bonds is 8. The van der Waals surface area contributed by atoms with Gasteiger partial charge in [-0.1, -0.05) is 26.0 Å². The minimum absolute atomic E-state index is 0.205. The molecule has 0 saturated carbocycles. The van der Waals surface area contributed by atoms with Gasteiger partial charge in [-0.05, 0) is 43.4 Å². The highest BCUT2D eigenvalue weighted by Crippen LogP contribution is 2.32. The van der Waals surface area contributed by atoms with Crippen molar-refractivity contribution in [3.63, 3.8) is 0 Å². The van der Waals surface area contributed by atoms with Crippen LogP contribution >= 0.6 is 0 Å². The van der Waals surface area contributed by atoms with E-state index in [2.05, 4.69) is 13.8 Å². The quantitative estimate of drug-likeness (QED) is 0.749. The van der Waals surface area contributed by atoms with Crippen molar-refractivity contribution in [2.75, 3.05) is 20.3 Å². The summed E-state index contributed by atoms with van der Waals surface area (Å²) < 4.78 is 10.5. The second kappa shape index (κ2) is 8.03. The van der Waals surface area contributed by atoms with Crippen molar-refractivity contribution in [2.24, 2.45) is 17.1 Å². The number of carbonyl (C=O) groups is 1. The predicted octanol–water partition coefficient (Wildman–Crippen LogP) is 2.79. The van der Waals surface area contributed by atoms with E-state index in [4.69, 9.17) is 15.2 Å². The van der Waals surface area contributed by atoms with Gasteiger partial charge < -0.3 is 15.2 Å². The molecular formula is C17H27NO3. The zero-order valence-corrected chi connectivity index (χ0v) is 13.5. The molecule has 21 heavy (non-hydrogen) atoms. The van der Waals surface area contributed by atoms with Gasteiger partial charge in [-0.25, -0.2) is 0 Å². The maximum Gasteiger partial charge on any atom is 0.313 e. The number of carbonyl (C=O) groups excluding carboxylic acids is 1. The van der Waals surface area contributed by atoms with Crippen LogP contribution in [0.3, 0.4) is 0 Å². The van der Waals surface area contributed by atoms with E-state index in [1.807, 2.05) is 31.2 Å². The zero-order valence-electron chi connectivity index (χ0n) is 13.5. The second-order valence-corrected chi connectivity index (χ2v) is 5.83. The van der Waals surface area contributed by atoms with Gasteiger partial charge in [-0.15, -0.1) is 0 Å². The Labute approximate surface area is 127 Å². The molecular weight excluding hydrogens is 266 g/mol. The fourth-order valence-electron chi connectivity index (χ4n) is 2.71. The molecule has 0 radical (unpaired) electrons. The third-order valence-electron chi connectivity index (χ3n) is 3.57. The Morgan fingerprint density at radius 1 is 1.38 bits per heavy atom. The van der Waals surface area contributed by atoms with Crippen LogP contribution in [0.4, 0.5) is 0 Å². The minimum Gasteiger partial charge on any atom is -0.497 e. The Morgan fingerprint density at radius 2 is 2.10 bits per heavy atom. The molecule has 2 N–H and O–H groups in total. The summed E-state index contributed by atoms with van der Waals surface area (Å²) in [5.74, 6) is 0.944. The Hall–Kier alpha value is -1.55. The molecule has 118 valence electrons. The van der Waals surface area contributed by atoms with Crippen LogP contribution < -0.4 is 10.5 Å². The highest BCUT2D eigenvalue weighted by Gasteiger charge is 2.39. The van der Waals surface area contributed by atoms with Crippen molar-refractivity contribution in [1.29, 1.82) is 0 Å². The van der Waals surface area contributed by atoms with Gasteiger partial charge in [0.25, 0.3) is 0 Å². The van der Waals surface area contributed by atoms with Crippen molar-refractivity contribution in [3.8, 4) is 5.75 Å². The van der Waals surface area contributed by atoms with Crippen LogP contribution in [0.15, 0.2) is 24.3 Å². The Kier molecular flexibility index (Phi) is 6.69. The largest absolute Gasteiger partial charge is 0.497 e. The first-order chi connectivity index (χ1) is 9.97. The third kappa shape index (κ3) is 4.74. The summed E-state index contributed by atoms with van der Waals surface area (Å²) in [4.78, 5) is 12.5. The summed E-state index contributed by atoms with van der Waals surface area (Å²) >= 11 is 0. The normalized spacial score (nSPS) is 13.8. The molecule has 0 aliphatic rings. The lowest BCUT2D eigenvalue weighted by Crippen LogP contribution is -2.43. The molecule has 0 spiro atoms. The Bertz CT molecular complexity index is 459. The average molecular weight is 293 g/mol. The van der Waals surface area contributed by atoms with E-state index in [-0.39, 0.29) is 12.5 Å². The second-order valence-electron chi connectivity index (χ2n) is 5.83. The number of benzene rings is 1. The molecule has 0 amide bonds. The molecule has 0 aliphatic carbocycles. The summed E-state index contributed by atoms with van der Waals surface area (Å²) in [6.07, 6.45) is 1.28. The van der Waals surface area contributed by atoms with Gasteiger partial charge in [-0.3, -0.25) is 4.79 Å². The predicted molar refractivity (Wildman–Crippen MR) is 84.3 cm³/mol. The number of esters is 1. The molecule has 0 aromatic heterocycles. The highest BCUT2D eigenvalue weighted by molar-refractivity contribution is 5.77. The van der Waals surface area contributed by atoms with Crippen molar-refractivity contribution < 1.29 is 14.3 Å². The standard InChI is InChI=1S/C17H27NO3/c1-5-21-16(19)17(12-18,10-13(2)3)11-14-7-6-8-15(9-14)20-4/h6-9,13H,5,10-12,18H2,1-4H3. The van der Waals surface area contributed by atoms with Crippen molar-refractivity contribution in [1.82, 2.24) is 0 Å². The van der Waals surface area contributed by atoms with Gasteiger partial charge in [0, 0.05) is 6.54 Å². The topological polar surface area (TPSA) is 61.5 Å². The Balaban J connectivity index is 3.07. The number of hydrogen-bond acceptors (Lipinski definition) is 4. The van der Waals surface area contributed by atoms with Crippen molar-refractivity contribution >= 4 is 5.97 Å². The summed E-state index contributed by atoms with van der Waals surface area (Å²) in [5, 5.41) is 0. The molecule has 0 aliphatic heterocycles.